The van der Waals surface area contributed by atoms with Crippen molar-refractivity contribution >= 4 is 5.91 Å². The van der Waals surface area contributed by atoms with Crippen molar-refractivity contribution in [1.29, 1.82) is 0 Å². The third-order valence-electron chi connectivity index (χ3n) is 4.34. The lowest BCUT2D eigenvalue weighted by Gasteiger charge is -2.25. The van der Waals surface area contributed by atoms with Crippen molar-refractivity contribution in [3.8, 4) is 5.69 Å². The quantitative estimate of drug-likeness (QED) is 0.736. The minimum Gasteiger partial charge on any atom is -0.350 e. The third-order valence-corrected chi connectivity index (χ3v) is 4.34. The molecule has 1 aromatic heterocycles. The number of amides is 1. The van der Waals surface area contributed by atoms with Gasteiger partial charge in [0, 0.05) is 30.2 Å². The second kappa shape index (κ2) is 7.97. The van der Waals surface area contributed by atoms with Crippen molar-refractivity contribution < 1.29 is 9.18 Å². The SMILES string of the molecule is CN(C)C(CNC(=O)c1ccc(-n2cccc2)cc1)c1cccc(F)c1. The van der Waals surface area contributed by atoms with Gasteiger partial charge in [0.25, 0.3) is 5.91 Å². The fourth-order valence-corrected chi connectivity index (χ4v) is 2.90. The average molecular weight is 351 g/mol. The van der Waals surface area contributed by atoms with Crippen molar-refractivity contribution in [2.75, 3.05) is 20.6 Å². The zero-order chi connectivity index (χ0) is 18.5. The van der Waals surface area contributed by atoms with Crippen LogP contribution in [-0.2, 0) is 0 Å². The molecule has 1 amide bonds. The normalized spacial score (nSPS) is 12.2. The molecule has 4 nitrogen and oxygen atoms in total. The van der Waals surface area contributed by atoms with Gasteiger partial charge in [0.05, 0.1) is 6.04 Å². The van der Waals surface area contributed by atoms with E-state index in [4.69, 9.17) is 0 Å². The molecule has 0 spiro atoms. The largest absolute Gasteiger partial charge is 0.350 e. The Morgan fingerprint density at radius 2 is 1.77 bits per heavy atom. The van der Waals surface area contributed by atoms with Crippen LogP contribution < -0.4 is 5.32 Å². The Balaban J connectivity index is 1.67. The number of nitrogens with one attached hydrogen (secondary N) is 1. The lowest BCUT2D eigenvalue weighted by molar-refractivity contribution is 0.0942. The van der Waals surface area contributed by atoms with Crippen molar-refractivity contribution in [2.24, 2.45) is 0 Å². The standard InChI is InChI=1S/C21H22FN3O/c1-24(2)20(17-6-5-7-18(22)14-17)15-23-21(26)16-8-10-19(11-9-16)25-12-3-4-13-25/h3-14,20H,15H2,1-2H3,(H,23,26). The summed E-state index contributed by atoms with van der Waals surface area (Å²) >= 11 is 0. The van der Waals surface area contributed by atoms with Gasteiger partial charge in [-0.25, -0.2) is 4.39 Å². The smallest absolute Gasteiger partial charge is 0.251 e. The Hall–Kier alpha value is -2.92. The van der Waals surface area contributed by atoms with E-state index in [9.17, 15) is 9.18 Å². The van der Waals surface area contributed by atoms with Gasteiger partial charge in [-0.3, -0.25) is 4.79 Å². The number of aromatic nitrogens is 1. The van der Waals surface area contributed by atoms with Crippen molar-refractivity contribution in [3.05, 3.63) is 90.0 Å². The number of hydrogen-bond acceptors (Lipinski definition) is 2. The predicted molar refractivity (Wildman–Crippen MR) is 101 cm³/mol. The number of halogens is 1. The molecule has 1 atom stereocenters. The number of likely N-dealkylation sites (N-methyl/N-ethyl adjacent to an activating group) is 1. The number of rotatable bonds is 6. The highest BCUT2D eigenvalue weighted by Gasteiger charge is 2.16. The van der Waals surface area contributed by atoms with Crippen LogP contribution in [0.2, 0.25) is 0 Å². The molecule has 0 aliphatic heterocycles. The van der Waals surface area contributed by atoms with Crippen LogP contribution >= 0.6 is 0 Å². The zero-order valence-electron chi connectivity index (χ0n) is 14.9. The van der Waals surface area contributed by atoms with Gasteiger partial charge in [0.2, 0.25) is 0 Å². The maximum Gasteiger partial charge on any atom is 0.251 e. The van der Waals surface area contributed by atoms with Crippen LogP contribution in [0.5, 0.6) is 0 Å². The van der Waals surface area contributed by atoms with Crippen LogP contribution in [0.1, 0.15) is 22.0 Å². The fraction of sp³-hybridized carbons (Fsp3) is 0.190. The molecule has 1 unspecified atom stereocenters. The van der Waals surface area contributed by atoms with E-state index in [1.165, 1.54) is 12.1 Å². The highest BCUT2D eigenvalue weighted by atomic mass is 19.1. The van der Waals surface area contributed by atoms with Crippen LogP contribution in [0.25, 0.3) is 5.69 Å². The monoisotopic (exact) mass is 351 g/mol. The van der Waals surface area contributed by atoms with Gasteiger partial charge in [0.15, 0.2) is 0 Å². The summed E-state index contributed by atoms with van der Waals surface area (Å²) in [5, 5.41) is 2.94. The van der Waals surface area contributed by atoms with Crippen LogP contribution in [0, 0.1) is 5.82 Å². The van der Waals surface area contributed by atoms with E-state index in [1.807, 2.05) is 66.3 Å². The van der Waals surface area contributed by atoms with E-state index >= 15 is 0 Å². The van der Waals surface area contributed by atoms with Crippen molar-refractivity contribution in [2.45, 2.75) is 6.04 Å². The van der Waals surface area contributed by atoms with E-state index in [0.29, 0.717) is 12.1 Å². The molecule has 134 valence electrons. The molecular weight excluding hydrogens is 329 g/mol. The van der Waals surface area contributed by atoms with Crippen LogP contribution in [0.4, 0.5) is 4.39 Å². The van der Waals surface area contributed by atoms with E-state index in [0.717, 1.165) is 11.3 Å². The first-order valence-corrected chi connectivity index (χ1v) is 8.48. The fourth-order valence-electron chi connectivity index (χ4n) is 2.90. The number of carbonyl (C=O) groups excluding carboxylic acids is 1. The van der Waals surface area contributed by atoms with Gasteiger partial charge < -0.3 is 14.8 Å². The molecule has 0 radical (unpaired) electrons. The number of carbonyl (C=O) groups is 1. The predicted octanol–water partition coefficient (Wildman–Crippen LogP) is 3.65. The number of benzene rings is 2. The van der Waals surface area contributed by atoms with Crippen molar-refractivity contribution in [1.82, 2.24) is 14.8 Å². The molecule has 1 N–H and O–H groups in total. The summed E-state index contributed by atoms with van der Waals surface area (Å²) in [5.41, 5.74) is 2.42. The van der Waals surface area contributed by atoms with Gasteiger partial charge in [-0.15, -0.1) is 0 Å². The maximum atomic E-state index is 13.5. The van der Waals surface area contributed by atoms with E-state index < -0.39 is 0 Å². The minimum absolute atomic E-state index is 0.103. The van der Waals surface area contributed by atoms with Gasteiger partial charge >= 0.3 is 0 Å². The lowest BCUT2D eigenvalue weighted by atomic mass is 10.1. The van der Waals surface area contributed by atoms with Gasteiger partial charge in [-0.1, -0.05) is 12.1 Å². The molecule has 0 saturated heterocycles. The van der Waals surface area contributed by atoms with E-state index in [2.05, 4.69) is 5.32 Å². The van der Waals surface area contributed by atoms with Crippen molar-refractivity contribution in [3.63, 3.8) is 0 Å². The Bertz CT molecular complexity index is 857. The van der Waals surface area contributed by atoms with Crippen LogP contribution in [-0.4, -0.2) is 36.0 Å². The lowest BCUT2D eigenvalue weighted by Crippen LogP contribution is -2.34. The maximum absolute atomic E-state index is 13.5. The topological polar surface area (TPSA) is 37.3 Å². The van der Waals surface area contributed by atoms with Crippen LogP contribution in [0.3, 0.4) is 0 Å². The first kappa shape index (κ1) is 17.9. The summed E-state index contributed by atoms with van der Waals surface area (Å²) in [6.07, 6.45) is 3.91. The molecule has 0 aliphatic rings. The summed E-state index contributed by atoms with van der Waals surface area (Å²) in [6, 6.07) is 17.7. The molecule has 2 aromatic carbocycles. The molecule has 1 heterocycles. The summed E-state index contributed by atoms with van der Waals surface area (Å²) < 4.78 is 15.5. The summed E-state index contributed by atoms with van der Waals surface area (Å²) in [6.45, 7) is 0.397. The van der Waals surface area contributed by atoms with E-state index in [1.54, 1.807) is 18.2 Å². The van der Waals surface area contributed by atoms with Gasteiger partial charge in [0.1, 0.15) is 5.82 Å². The molecular formula is C21H22FN3O. The molecule has 0 fully saturated rings. The molecule has 0 saturated carbocycles. The summed E-state index contributed by atoms with van der Waals surface area (Å²) in [4.78, 5) is 14.4. The molecule has 0 aliphatic carbocycles. The summed E-state index contributed by atoms with van der Waals surface area (Å²) in [5.74, 6) is -0.423. The van der Waals surface area contributed by atoms with Crippen LogP contribution in [0.15, 0.2) is 73.1 Å². The first-order valence-electron chi connectivity index (χ1n) is 8.48. The molecule has 3 aromatic rings. The second-order valence-electron chi connectivity index (χ2n) is 6.38. The zero-order valence-corrected chi connectivity index (χ0v) is 14.9. The number of hydrogen-bond donors (Lipinski definition) is 1. The molecule has 5 heteroatoms. The van der Waals surface area contributed by atoms with Gasteiger partial charge in [-0.05, 0) is 68.2 Å². The average Bonchev–Trinajstić information content (AvgIpc) is 3.16. The Labute approximate surface area is 152 Å². The van der Waals surface area contributed by atoms with E-state index in [-0.39, 0.29) is 17.8 Å². The molecule has 3 rings (SSSR count). The summed E-state index contributed by atoms with van der Waals surface area (Å²) in [7, 11) is 3.82. The minimum atomic E-state index is -0.277. The first-order chi connectivity index (χ1) is 12.5. The van der Waals surface area contributed by atoms with Gasteiger partial charge in [-0.2, -0.15) is 0 Å². The number of nitrogens with zero attached hydrogens (tertiary/aromatic N) is 2. The highest BCUT2D eigenvalue weighted by Crippen LogP contribution is 2.18. The Morgan fingerprint density at radius 3 is 2.38 bits per heavy atom. The third kappa shape index (κ3) is 4.18. The Morgan fingerprint density at radius 1 is 1.08 bits per heavy atom. The Kier molecular flexibility index (Phi) is 5.49. The second-order valence-corrected chi connectivity index (χ2v) is 6.38. The molecule has 26 heavy (non-hydrogen) atoms. The highest BCUT2D eigenvalue weighted by molar-refractivity contribution is 5.94. The molecule has 0 bridgehead atoms.